The molecule has 1 aliphatic heterocycles. The van der Waals surface area contributed by atoms with Crippen molar-refractivity contribution in [3.63, 3.8) is 0 Å². The highest BCUT2D eigenvalue weighted by Crippen LogP contribution is 2.13. The third-order valence-corrected chi connectivity index (χ3v) is 2.41. The van der Waals surface area contributed by atoms with E-state index >= 15 is 0 Å². The second kappa shape index (κ2) is 4.39. The van der Waals surface area contributed by atoms with E-state index in [1.54, 1.807) is 0 Å². The topological polar surface area (TPSA) is 6.48 Å². The number of nitrogens with zero attached hydrogens (tertiary/aromatic N) is 2. The standard InChI is InChI=1S/C10H20N2/c1-4-5-6-7-12-8-10(2)11(3)9-12/h8H,4-7,9H2,1-3H3. The van der Waals surface area contributed by atoms with Gasteiger partial charge in [0.1, 0.15) is 0 Å². The fourth-order valence-corrected chi connectivity index (χ4v) is 1.49. The van der Waals surface area contributed by atoms with Gasteiger partial charge in [-0.2, -0.15) is 0 Å². The van der Waals surface area contributed by atoms with Crippen LogP contribution in [0.4, 0.5) is 0 Å². The average molecular weight is 168 g/mol. The molecule has 0 aromatic carbocycles. The first-order valence-corrected chi connectivity index (χ1v) is 4.87. The lowest BCUT2D eigenvalue weighted by Gasteiger charge is -2.18. The molecule has 0 bridgehead atoms. The van der Waals surface area contributed by atoms with Crippen molar-refractivity contribution < 1.29 is 0 Å². The normalized spacial score (nSPS) is 17.1. The van der Waals surface area contributed by atoms with Crippen molar-refractivity contribution >= 4 is 0 Å². The second-order valence-electron chi connectivity index (χ2n) is 3.63. The molecule has 1 rings (SSSR count). The molecule has 0 saturated carbocycles. The van der Waals surface area contributed by atoms with Crippen molar-refractivity contribution in [2.24, 2.45) is 0 Å². The summed E-state index contributed by atoms with van der Waals surface area (Å²) < 4.78 is 0. The maximum Gasteiger partial charge on any atom is 0.0893 e. The zero-order valence-electron chi connectivity index (χ0n) is 8.51. The molecule has 70 valence electrons. The second-order valence-corrected chi connectivity index (χ2v) is 3.63. The summed E-state index contributed by atoms with van der Waals surface area (Å²) in [5.74, 6) is 0. The lowest BCUT2D eigenvalue weighted by Crippen LogP contribution is -2.24. The van der Waals surface area contributed by atoms with E-state index in [0.29, 0.717) is 0 Å². The van der Waals surface area contributed by atoms with E-state index in [4.69, 9.17) is 0 Å². The van der Waals surface area contributed by atoms with Crippen molar-refractivity contribution in [1.82, 2.24) is 9.80 Å². The fourth-order valence-electron chi connectivity index (χ4n) is 1.49. The molecule has 1 heterocycles. The van der Waals surface area contributed by atoms with Gasteiger partial charge < -0.3 is 9.80 Å². The average Bonchev–Trinajstić information content (AvgIpc) is 2.32. The lowest BCUT2D eigenvalue weighted by atomic mass is 10.2. The van der Waals surface area contributed by atoms with E-state index in [-0.39, 0.29) is 0 Å². The van der Waals surface area contributed by atoms with Gasteiger partial charge in [0, 0.05) is 25.5 Å². The highest BCUT2D eigenvalue weighted by Gasteiger charge is 2.12. The Morgan fingerprint density at radius 3 is 2.67 bits per heavy atom. The van der Waals surface area contributed by atoms with Gasteiger partial charge in [-0.1, -0.05) is 19.8 Å². The first kappa shape index (κ1) is 9.43. The molecule has 0 N–H and O–H groups in total. The molecule has 0 aliphatic carbocycles. The van der Waals surface area contributed by atoms with Crippen molar-refractivity contribution in [2.75, 3.05) is 20.3 Å². The van der Waals surface area contributed by atoms with E-state index < -0.39 is 0 Å². The number of rotatable bonds is 4. The van der Waals surface area contributed by atoms with Crippen molar-refractivity contribution in [3.8, 4) is 0 Å². The Morgan fingerprint density at radius 2 is 2.17 bits per heavy atom. The summed E-state index contributed by atoms with van der Waals surface area (Å²) in [6, 6.07) is 0. The smallest absolute Gasteiger partial charge is 0.0893 e. The minimum atomic E-state index is 1.08. The van der Waals surface area contributed by atoms with E-state index in [0.717, 1.165) is 6.67 Å². The number of unbranched alkanes of at least 4 members (excludes halogenated alkanes) is 2. The Bertz CT molecular complexity index is 163. The Hall–Kier alpha value is -0.660. The van der Waals surface area contributed by atoms with Crippen LogP contribution in [-0.2, 0) is 0 Å². The maximum absolute atomic E-state index is 2.39. The van der Waals surface area contributed by atoms with Gasteiger partial charge in [0.15, 0.2) is 0 Å². The van der Waals surface area contributed by atoms with E-state index in [9.17, 15) is 0 Å². The monoisotopic (exact) mass is 168 g/mol. The molecule has 0 aromatic heterocycles. The van der Waals surface area contributed by atoms with Crippen LogP contribution < -0.4 is 0 Å². The van der Waals surface area contributed by atoms with E-state index in [1.165, 1.54) is 31.5 Å². The molecule has 0 spiro atoms. The summed E-state index contributed by atoms with van der Waals surface area (Å²) in [7, 11) is 2.14. The third-order valence-electron chi connectivity index (χ3n) is 2.41. The van der Waals surface area contributed by atoms with Gasteiger partial charge in [-0.25, -0.2) is 0 Å². The summed E-state index contributed by atoms with van der Waals surface area (Å²) >= 11 is 0. The Morgan fingerprint density at radius 1 is 1.42 bits per heavy atom. The fraction of sp³-hybridized carbons (Fsp3) is 0.800. The zero-order chi connectivity index (χ0) is 8.97. The van der Waals surface area contributed by atoms with Crippen LogP contribution in [0.3, 0.4) is 0 Å². The predicted octanol–water partition coefficient (Wildman–Crippen LogP) is 2.24. The minimum Gasteiger partial charge on any atom is -0.359 e. The molecule has 2 nitrogen and oxygen atoms in total. The van der Waals surface area contributed by atoms with Gasteiger partial charge >= 0.3 is 0 Å². The van der Waals surface area contributed by atoms with Gasteiger partial charge in [0.05, 0.1) is 6.67 Å². The van der Waals surface area contributed by atoms with E-state index in [1.807, 2.05) is 0 Å². The highest BCUT2D eigenvalue weighted by atomic mass is 15.3. The van der Waals surface area contributed by atoms with Crippen LogP contribution >= 0.6 is 0 Å². The molecule has 1 aliphatic rings. The highest BCUT2D eigenvalue weighted by molar-refractivity contribution is 5.01. The molecule has 0 fully saturated rings. The van der Waals surface area contributed by atoms with Gasteiger partial charge in [0.25, 0.3) is 0 Å². The Balaban J connectivity index is 2.19. The SMILES string of the molecule is CCCCCN1C=C(C)N(C)C1. The third kappa shape index (κ3) is 2.43. The van der Waals surface area contributed by atoms with Gasteiger partial charge in [-0.3, -0.25) is 0 Å². The number of hydrogen-bond acceptors (Lipinski definition) is 2. The van der Waals surface area contributed by atoms with Crippen LogP contribution in [0, 0.1) is 0 Å². The van der Waals surface area contributed by atoms with Crippen molar-refractivity contribution in [2.45, 2.75) is 33.1 Å². The molecular weight excluding hydrogens is 148 g/mol. The number of hydrogen-bond donors (Lipinski definition) is 0. The number of allylic oxidation sites excluding steroid dienone is 1. The van der Waals surface area contributed by atoms with E-state index in [2.05, 4.69) is 36.9 Å². The molecule has 0 atom stereocenters. The summed E-state index contributed by atoms with van der Waals surface area (Å²) in [5.41, 5.74) is 1.38. The molecule has 0 radical (unpaired) electrons. The maximum atomic E-state index is 2.39. The van der Waals surface area contributed by atoms with Crippen molar-refractivity contribution in [1.29, 1.82) is 0 Å². The molecule has 0 saturated heterocycles. The Kier molecular flexibility index (Phi) is 3.45. The first-order valence-electron chi connectivity index (χ1n) is 4.87. The van der Waals surface area contributed by atoms with Crippen LogP contribution in [0.2, 0.25) is 0 Å². The van der Waals surface area contributed by atoms with Crippen molar-refractivity contribution in [3.05, 3.63) is 11.9 Å². The molecule has 12 heavy (non-hydrogen) atoms. The summed E-state index contributed by atoms with van der Waals surface area (Å²) in [5, 5.41) is 0. The Labute approximate surface area is 75.8 Å². The summed E-state index contributed by atoms with van der Waals surface area (Å²) in [4.78, 5) is 4.68. The van der Waals surface area contributed by atoms with Crippen LogP contribution in [-0.4, -0.2) is 30.1 Å². The van der Waals surface area contributed by atoms with Gasteiger partial charge in [0.2, 0.25) is 0 Å². The molecular formula is C10H20N2. The minimum absolute atomic E-state index is 1.08. The van der Waals surface area contributed by atoms with Gasteiger partial charge in [-0.05, 0) is 13.3 Å². The van der Waals surface area contributed by atoms with Crippen LogP contribution in [0.1, 0.15) is 33.1 Å². The van der Waals surface area contributed by atoms with Crippen LogP contribution in [0.5, 0.6) is 0 Å². The molecule has 0 amide bonds. The van der Waals surface area contributed by atoms with Gasteiger partial charge in [-0.15, -0.1) is 0 Å². The predicted molar refractivity (Wildman–Crippen MR) is 52.6 cm³/mol. The molecule has 0 unspecified atom stereocenters. The first-order chi connectivity index (χ1) is 5.74. The zero-order valence-corrected chi connectivity index (χ0v) is 8.51. The molecule has 0 aromatic rings. The summed E-state index contributed by atoms with van der Waals surface area (Å²) in [6.45, 7) is 6.71. The van der Waals surface area contributed by atoms with Crippen LogP contribution in [0.25, 0.3) is 0 Å². The lowest BCUT2D eigenvalue weighted by molar-refractivity contribution is 0.284. The quantitative estimate of drug-likeness (QED) is 0.594. The summed E-state index contributed by atoms with van der Waals surface area (Å²) in [6.07, 6.45) is 6.25. The largest absolute Gasteiger partial charge is 0.359 e. The molecule has 2 heteroatoms. The van der Waals surface area contributed by atoms with Crippen LogP contribution in [0.15, 0.2) is 11.9 Å².